The summed E-state index contributed by atoms with van der Waals surface area (Å²) in [6.07, 6.45) is -0.325. The molecule has 0 aromatic heterocycles. The van der Waals surface area contributed by atoms with Gasteiger partial charge in [0, 0.05) is 13.0 Å². The lowest BCUT2D eigenvalue weighted by atomic mass is 10.2. The lowest BCUT2D eigenvalue weighted by molar-refractivity contribution is 0.0177. The lowest BCUT2D eigenvalue weighted by Gasteiger charge is -2.40. The summed E-state index contributed by atoms with van der Waals surface area (Å²) in [5, 5.41) is 0. The van der Waals surface area contributed by atoms with Crippen molar-refractivity contribution >= 4 is 10.8 Å². The largest absolute Gasteiger partial charge is 0.281 e. The summed E-state index contributed by atoms with van der Waals surface area (Å²) >= 11 is 0. The van der Waals surface area contributed by atoms with Crippen molar-refractivity contribution in [1.82, 2.24) is 4.31 Å². The summed E-state index contributed by atoms with van der Waals surface area (Å²) in [6.45, 7) is 1.28. The van der Waals surface area contributed by atoms with Crippen LogP contribution >= 0.6 is 10.8 Å². The number of alkyl halides is 2. The first kappa shape index (κ1) is 12.8. The van der Waals surface area contributed by atoms with Crippen LogP contribution in [-0.2, 0) is 0 Å². The number of nitrogens with zero attached hydrogens (tertiary/aromatic N) is 1. The van der Waals surface area contributed by atoms with Gasteiger partial charge in [-0.05, 0) is 19.1 Å². The third kappa shape index (κ3) is 2.60. The molecule has 1 saturated heterocycles. The van der Waals surface area contributed by atoms with Gasteiger partial charge in [0.05, 0.1) is 11.4 Å². The first-order valence-corrected chi connectivity index (χ1v) is 6.79. The summed E-state index contributed by atoms with van der Waals surface area (Å²) in [6, 6.07) is 6.61. The molecule has 2 rings (SSSR count). The molecule has 3 nitrogen and oxygen atoms in total. The first-order chi connectivity index (χ1) is 7.81. The zero-order valence-electron chi connectivity index (χ0n) is 9.44. The number of aryl methyl sites for hydroxylation is 1. The molecule has 1 aliphatic heterocycles. The molecule has 0 atom stereocenters. The van der Waals surface area contributed by atoms with Crippen molar-refractivity contribution in [3.05, 3.63) is 29.8 Å². The van der Waals surface area contributed by atoms with Gasteiger partial charge in [0.1, 0.15) is 0 Å². The minimum absolute atomic E-state index is 0.00318. The van der Waals surface area contributed by atoms with E-state index >= 15 is 0 Å². The van der Waals surface area contributed by atoms with Gasteiger partial charge >= 0.3 is 0 Å². The molecule has 0 spiro atoms. The zero-order valence-corrected chi connectivity index (χ0v) is 10.3. The molecule has 0 aliphatic carbocycles. The minimum atomic E-state index is -3.27. The van der Waals surface area contributed by atoms with E-state index in [9.17, 15) is 17.9 Å². The van der Waals surface area contributed by atoms with E-state index in [1.807, 2.05) is 6.92 Å². The Bertz CT molecular complexity index is 408. The highest BCUT2D eigenvalue weighted by Crippen LogP contribution is 2.54. The van der Waals surface area contributed by atoms with Crippen LogP contribution in [0.1, 0.15) is 12.0 Å². The van der Waals surface area contributed by atoms with Crippen LogP contribution in [0.5, 0.6) is 0 Å². The van der Waals surface area contributed by atoms with Gasteiger partial charge < -0.3 is 0 Å². The molecular weight excluding hydrogens is 248 g/mol. The lowest BCUT2D eigenvalue weighted by Crippen LogP contribution is -2.28. The molecule has 0 bridgehead atoms. The van der Waals surface area contributed by atoms with E-state index in [1.165, 1.54) is 0 Å². The fourth-order valence-electron chi connectivity index (χ4n) is 1.79. The molecule has 2 N–H and O–H groups in total. The fraction of sp³-hybridized carbons (Fsp3) is 0.455. The summed E-state index contributed by atoms with van der Waals surface area (Å²) in [5.41, 5.74) is 0.982. The van der Waals surface area contributed by atoms with Crippen LogP contribution in [-0.4, -0.2) is 32.4 Å². The van der Waals surface area contributed by atoms with Crippen molar-refractivity contribution in [3.63, 3.8) is 0 Å². The Morgan fingerprint density at radius 3 is 2.29 bits per heavy atom. The maximum atomic E-state index is 13.1. The van der Waals surface area contributed by atoms with Crippen molar-refractivity contribution in [1.29, 1.82) is 0 Å². The second-order valence-electron chi connectivity index (χ2n) is 4.30. The second kappa shape index (κ2) is 4.20. The van der Waals surface area contributed by atoms with E-state index in [2.05, 4.69) is 0 Å². The van der Waals surface area contributed by atoms with Gasteiger partial charge in [0.2, 0.25) is 0 Å². The second-order valence-corrected chi connectivity index (χ2v) is 6.33. The van der Waals surface area contributed by atoms with Gasteiger partial charge in [-0.3, -0.25) is 9.11 Å². The summed E-state index contributed by atoms with van der Waals surface area (Å²) < 4.78 is 47.3. The number of benzene rings is 1. The van der Waals surface area contributed by atoms with Gasteiger partial charge in [0.15, 0.2) is 0 Å². The first-order valence-electron chi connectivity index (χ1n) is 5.29. The number of hydrogen-bond acceptors (Lipinski definition) is 3. The van der Waals surface area contributed by atoms with Crippen molar-refractivity contribution in [2.24, 2.45) is 0 Å². The standard InChI is InChI=1S/C11H15F2NO2S/c1-9-2-4-10(5-3-9)17(15,16)14-7-6-11(12,13)8-14/h2-5,15-16H,6-8H2,1H3. The van der Waals surface area contributed by atoms with E-state index in [1.54, 1.807) is 24.3 Å². The molecule has 96 valence electrons. The maximum absolute atomic E-state index is 13.1. The Morgan fingerprint density at radius 2 is 1.82 bits per heavy atom. The monoisotopic (exact) mass is 263 g/mol. The Kier molecular flexibility index (Phi) is 3.15. The summed E-state index contributed by atoms with van der Waals surface area (Å²) in [7, 11) is -3.27. The SMILES string of the molecule is Cc1ccc(S(O)(O)N2CCC(F)(F)C2)cc1. The van der Waals surface area contributed by atoms with Crippen LogP contribution in [0.3, 0.4) is 0 Å². The normalized spacial score (nSPS) is 21.7. The predicted octanol–water partition coefficient (Wildman–Crippen LogP) is 3.36. The maximum Gasteiger partial charge on any atom is 0.263 e. The Labute approximate surface area is 101 Å². The highest BCUT2D eigenvalue weighted by molar-refractivity contribution is 8.22. The molecule has 1 fully saturated rings. The van der Waals surface area contributed by atoms with Gasteiger partial charge in [-0.25, -0.2) is 8.78 Å². The quantitative estimate of drug-likeness (QED) is 0.860. The van der Waals surface area contributed by atoms with Crippen LogP contribution in [0.2, 0.25) is 0 Å². The predicted molar refractivity (Wildman–Crippen MR) is 63.4 cm³/mol. The Morgan fingerprint density at radius 1 is 1.24 bits per heavy atom. The van der Waals surface area contributed by atoms with E-state index in [4.69, 9.17) is 0 Å². The topological polar surface area (TPSA) is 43.7 Å². The smallest absolute Gasteiger partial charge is 0.263 e. The summed E-state index contributed by atoms with van der Waals surface area (Å²) in [4.78, 5) is 0.292. The van der Waals surface area contributed by atoms with Crippen LogP contribution in [0, 0.1) is 6.92 Å². The van der Waals surface area contributed by atoms with Crippen LogP contribution in [0.25, 0.3) is 0 Å². The van der Waals surface area contributed by atoms with Gasteiger partial charge in [-0.1, -0.05) is 17.7 Å². The highest BCUT2D eigenvalue weighted by atomic mass is 32.3. The van der Waals surface area contributed by atoms with Crippen LogP contribution in [0.15, 0.2) is 29.2 Å². The Hall–Kier alpha value is -0.690. The average molecular weight is 263 g/mol. The van der Waals surface area contributed by atoms with Gasteiger partial charge in [-0.15, -0.1) is 10.8 Å². The molecule has 1 aromatic rings. The molecule has 6 heteroatoms. The Balaban J connectivity index is 2.22. The molecule has 0 radical (unpaired) electrons. The molecule has 0 amide bonds. The number of hydrogen-bond donors (Lipinski definition) is 2. The third-order valence-electron chi connectivity index (χ3n) is 2.83. The highest BCUT2D eigenvalue weighted by Gasteiger charge is 2.43. The zero-order chi connectivity index (χ0) is 12.7. The minimum Gasteiger partial charge on any atom is -0.281 e. The molecule has 0 saturated carbocycles. The summed E-state index contributed by atoms with van der Waals surface area (Å²) in [5.74, 6) is -2.82. The van der Waals surface area contributed by atoms with Crippen LogP contribution < -0.4 is 0 Å². The van der Waals surface area contributed by atoms with Crippen molar-refractivity contribution in [2.45, 2.75) is 24.2 Å². The van der Waals surface area contributed by atoms with Crippen molar-refractivity contribution in [3.8, 4) is 0 Å². The van der Waals surface area contributed by atoms with Crippen LogP contribution in [0.4, 0.5) is 8.78 Å². The molecular formula is C11H15F2NO2S. The third-order valence-corrected chi connectivity index (χ3v) is 4.77. The van der Waals surface area contributed by atoms with E-state index < -0.39 is 23.2 Å². The molecule has 1 aromatic carbocycles. The van der Waals surface area contributed by atoms with E-state index in [-0.39, 0.29) is 13.0 Å². The molecule has 1 aliphatic rings. The average Bonchev–Trinajstić information content (AvgIpc) is 2.60. The van der Waals surface area contributed by atoms with E-state index in [0.717, 1.165) is 9.87 Å². The van der Waals surface area contributed by atoms with Gasteiger partial charge in [0.25, 0.3) is 5.92 Å². The number of rotatable bonds is 2. The van der Waals surface area contributed by atoms with E-state index in [0.29, 0.717) is 4.90 Å². The molecule has 1 heterocycles. The molecule has 0 unspecified atom stereocenters. The number of halogens is 2. The molecule has 17 heavy (non-hydrogen) atoms. The van der Waals surface area contributed by atoms with Crippen molar-refractivity contribution < 1.29 is 17.9 Å². The fourth-order valence-corrected chi connectivity index (χ4v) is 3.31. The van der Waals surface area contributed by atoms with Gasteiger partial charge in [-0.2, -0.15) is 4.31 Å². The van der Waals surface area contributed by atoms with Crippen molar-refractivity contribution in [2.75, 3.05) is 13.1 Å².